The number of anilines is 1. The molecule has 2 aromatic heterocycles. The lowest BCUT2D eigenvalue weighted by Gasteiger charge is -2.02. The molecule has 2 N–H and O–H groups in total. The average Bonchev–Trinajstić information content (AvgIpc) is 2.81. The van der Waals surface area contributed by atoms with E-state index in [9.17, 15) is 4.39 Å². The predicted octanol–water partition coefficient (Wildman–Crippen LogP) is 2.30. The van der Waals surface area contributed by atoms with E-state index >= 15 is 0 Å². The van der Waals surface area contributed by atoms with Crippen LogP contribution in [0.1, 0.15) is 0 Å². The Morgan fingerprint density at radius 2 is 2.06 bits per heavy atom. The van der Waals surface area contributed by atoms with Crippen LogP contribution in [0.4, 0.5) is 10.1 Å². The van der Waals surface area contributed by atoms with Crippen molar-refractivity contribution in [2.24, 2.45) is 14.1 Å². The second-order valence-electron chi connectivity index (χ2n) is 4.39. The van der Waals surface area contributed by atoms with E-state index in [4.69, 9.17) is 5.73 Å². The van der Waals surface area contributed by atoms with Crippen molar-refractivity contribution >= 4 is 16.6 Å². The third-order valence-corrected chi connectivity index (χ3v) is 3.17. The van der Waals surface area contributed by atoms with Crippen LogP contribution in [0.3, 0.4) is 0 Å². The Morgan fingerprint density at radius 1 is 1.28 bits per heavy atom. The Balaban J connectivity index is 2.40. The largest absolute Gasteiger partial charge is 0.396 e. The van der Waals surface area contributed by atoms with Gasteiger partial charge >= 0.3 is 0 Å². The number of nitrogens with two attached hydrogens (primary N) is 1. The minimum Gasteiger partial charge on any atom is -0.396 e. The van der Waals surface area contributed by atoms with Crippen molar-refractivity contribution in [3.63, 3.8) is 0 Å². The highest BCUT2D eigenvalue weighted by Gasteiger charge is 2.15. The summed E-state index contributed by atoms with van der Waals surface area (Å²) < 4.78 is 17.1. The molecule has 0 aliphatic carbocycles. The predicted molar refractivity (Wildman–Crippen MR) is 69.5 cm³/mol. The number of hydrogen-bond acceptors (Lipinski definition) is 2. The highest BCUT2D eigenvalue weighted by atomic mass is 19.1. The quantitative estimate of drug-likeness (QED) is 0.714. The van der Waals surface area contributed by atoms with Crippen LogP contribution < -0.4 is 5.73 Å². The summed E-state index contributed by atoms with van der Waals surface area (Å²) in [7, 11) is 3.75. The van der Waals surface area contributed by atoms with Gasteiger partial charge in [0.1, 0.15) is 5.82 Å². The Bertz CT molecular complexity index is 719. The van der Waals surface area contributed by atoms with Crippen molar-refractivity contribution in [1.82, 2.24) is 14.3 Å². The summed E-state index contributed by atoms with van der Waals surface area (Å²) in [6, 6.07) is 4.75. The van der Waals surface area contributed by atoms with E-state index < -0.39 is 0 Å². The lowest BCUT2D eigenvalue weighted by molar-refractivity contribution is 0.629. The fourth-order valence-electron chi connectivity index (χ4n) is 2.34. The van der Waals surface area contributed by atoms with E-state index in [0.29, 0.717) is 5.69 Å². The topological polar surface area (TPSA) is 48.8 Å². The lowest BCUT2D eigenvalue weighted by atomic mass is 10.1. The molecule has 0 saturated carbocycles. The standard InChI is InChI=1S/C13H13FN4/c1-17-7-10(13-11(15)6-16-18(13)2)9-5-8(14)3-4-12(9)17/h3-7H,15H2,1-2H3. The number of hydrogen-bond donors (Lipinski definition) is 1. The van der Waals surface area contributed by atoms with Crippen LogP contribution in [-0.2, 0) is 14.1 Å². The SMILES string of the molecule is Cn1ncc(N)c1-c1cn(C)c2ccc(F)cc12. The first-order valence-corrected chi connectivity index (χ1v) is 5.60. The minimum atomic E-state index is -0.254. The molecule has 0 unspecified atom stereocenters. The van der Waals surface area contributed by atoms with E-state index in [1.54, 1.807) is 16.9 Å². The smallest absolute Gasteiger partial charge is 0.123 e. The van der Waals surface area contributed by atoms with Crippen molar-refractivity contribution < 1.29 is 4.39 Å². The number of rotatable bonds is 1. The molecule has 0 atom stereocenters. The Kier molecular flexibility index (Phi) is 2.16. The summed E-state index contributed by atoms with van der Waals surface area (Å²) in [5, 5.41) is 4.96. The monoisotopic (exact) mass is 244 g/mol. The highest BCUT2D eigenvalue weighted by molar-refractivity contribution is 5.97. The lowest BCUT2D eigenvalue weighted by Crippen LogP contribution is -1.95. The van der Waals surface area contributed by atoms with Gasteiger partial charge in [-0.2, -0.15) is 5.10 Å². The van der Waals surface area contributed by atoms with E-state index in [1.165, 1.54) is 12.1 Å². The van der Waals surface area contributed by atoms with Gasteiger partial charge in [-0.25, -0.2) is 4.39 Å². The maximum Gasteiger partial charge on any atom is 0.123 e. The molecule has 0 spiro atoms. The number of nitrogen functional groups attached to an aromatic ring is 1. The molecule has 2 heterocycles. The Morgan fingerprint density at radius 3 is 2.72 bits per heavy atom. The summed E-state index contributed by atoms with van der Waals surface area (Å²) in [5.41, 5.74) is 9.19. The van der Waals surface area contributed by atoms with Crippen LogP contribution in [0.5, 0.6) is 0 Å². The molecular formula is C13H13FN4. The fourth-order valence-corrected chi connectivity index (χ4v) is 2.34. The van der Waals surface area contributed by atoms with Crippen molar-refractivity contribution in [2.45, 2.75) is 0 Å². The third-order valence-electron chi connectivity index (χ3n) is 3.17. The summed E-state index contributed by atoms with van der Waals surface area (Å²) in [6.45, 7) is 0. The van der Waals surface area contributed by atoms with Gasteiger partial charge in [-0.15, -0.1) is 0 Å². The maximum atomic E-state index is 13.4. The second kappa shape index (κ2) is 3.60. The number of benzene rings is 1. The zero-order chi connectivity index (χ0) is 12.9. The van der Waals surface area contributed by atoms with Gasteiger partial charge in [0.15, 0.2) is 0 Å². The number of aromatic nitrogens is 3. The molecule has 4 nitrogen and oxygen atoms in total. The highest BCUT2D eigenvalue weighted by Crippen LogP contribution is 2.33. The van der Waals surface area contributed by atoms with Crippen LogP contribution in [0, 0.1) is 5.82 Å². The van der Waals surface area contributed by atoms with Gasteiger partial charge in [-0.3, -0.25) is 4.68 Å². The molecule has 1 aromatic carbocycles. The van der Waals surface area contributed by atoms with Crippen LogP contribution in [0.15, 0.2) is 30.6 Å². The second-order valence-corrected chi connectivity index (χ2v) is 4.39. The van der Waals surface area contributed by atoms with E-state index in [-0.39, 0.29) is 5.82 Å². The zero-order valence-corrected chi connectivity index (χ0v) is 10.2. The van der Waals surface area contributed by atoms with Gasteiger partial charge in [0.05, 0.1) is 17.6 Å². The Labute approximate surface area is 103 Å². The first kappa shape index (κ1) is 10.8. The number of nitrogens with zero attached hydrogens (tertiary/aromatic N) is 3. The minimum absolute atomic E-state index is 0.254. The molecule has 0 radical (unpaired) electrons. The third kappa shape index (κ3) is 1.40. The summed E-state index contributed by atoms with van der Waals surface area (Å²) >= 11 is 0. The van der Waals surface area contributed by atoms with Gasteiger partial charge in [-0.05, 0) is 18.2 Å². The molecule has 0 amide bonds. The molecular weight excluding hydrogens is 231 g/mol. The van der Waals surface area contributed by atoms with Gasteiger partial charge < -0.3 is 10.3 Å². The van der Waals surface area contributed by atoms with Crippen molar-refractivity contribution in [3.8, 4) is 11.3 Å². The van der Waals surface area contributed by atoms with Gasteiger partial charge in [-0.1, -0.05) is 0 Å². The molecule has 0 bridgehead atoms. The summed E-state index contributed by atoms with van der Waals surface area (Å²) in [5.74, 6) is -0.254. The van der Waals surface area contributed by atoms with Crippen LogP contribution >= 0.6 is 0 Å². The van der Waals surface area contributed by atoms with Gasteiger partial charge in [0.2, 0.25) is 0 Å². The molecule has 5 heteroatoms. The van der Waals surface area contributed by atoms with Crippen molar-refractivity contribution in [3.05, 3.63) is 36.4 Å². The molecule has 18 heavy (non-hydrogen) atoms. The maximum absolute atomic E-state index is 13.4. The number of halogens is 1. The molecule has 0 fully saturated rings. The average molecular weight is 244 g/mol. The summed E-state index contributed by atoms with van der Waals surface area (Å²) in [4.78, 5) is 0. The molecule has 3 rings (SSSR count). The number of fused-ring (bicyclic) bond motifs is 1. The molecule has 0 saturated heterocycles. The van der Waals surface area contributed by atoms with E-state index in [2.05, 4.69) is 5.10 Å². The van der Waals surface area contributed by atoms with Crippen LogP contribution in [0.2, 0.25) is 0 Å². The number of aryl methyl sites for hydroxylation is 2. The van der Waals surface area contributed by atoms with Gasteiger partial charge in [0.25, 0.3) is 0 Å². The zero-order valence-electron chi connectivity index (χ0n) is 10.2. The molecule has 3 aromatic rings. The van der Waals surface area contributed by atoms with E-state index in [1.807, 2.05) is 24.9 Å². The van der Waals surface area contributed by atoms with Crippen LogP contribution in [-0.4, -0.2) is 14.3 Å². The molecule has 92 valence electrons. The first-order valence-electron chi connectivity index (χ1n) is 5.60. The fraction of sp³-hybridized carbons (Fsp3) is 0.154. The van der Waals surface area contributed by atoms with Crippen molar-refractivity contribution in [1.29, 1.82) is 0 Å². The molecule has 0 aliphatic heterocycles. The normalized spacial score (nSPS) is 11.3. The van der Waals surface area contributed by atoms with Crippen molar-refractivity contribution in [2.75, 3.05) is 5.73 Å². The van der Waals surface area contributed by atoms with E-state index in [0.717, 1.165) is 22.2 Å². The Hall–Kier alpha value is -2.30. The van der Waals surface area contributed by atoms with Crippen LogP contribution in [0.25, 0.3) is 22.2 Å². The molecule has 0 aliphatic rings. The van der Waals surface area contributed by atoms with Gasteiger partial charge in [0, 0.05) is 36.8 Å². The summed E-state index contributed by atoms with van der Waals surface area (Å²) in [6.07, 6.45) is 3.55. The first-order chi connectivity index (χ1) is 8.58.